The zero-order valence-electron chi connectivity index (χ0n) is 16.5. The molecule has 1 saturated heterocycles. The Morgan fingerprint density at radius 1 is 1.22 bits per heavy atom. The van der Waals surface area contributed by atoms with Gasteiger partial charge in [-0.3, -0.25) is 14.5 Å². The quantitative estimate of drug-likeness (QED) is 0.745. The molecule has 1 amide bonds. The Hall–Kier alpha value is -2.34. The maximum atomic E-state index is 12.2. The van der Waals surface area contributed by atoms with Gasteiger partial charge in [0.25, 0.3) is 0 Å². The van der Waals surface area contributed by atoms with Gasteiger partial charge in [-0.25, -0.2) is 0 Å². The third-order valence-electron chi connectivity index (χ3n) is 5.30. The normalized spacial score (nSPS) is 22.1. The van der Waals surface area contributed by atoms with Gasteiger partial charge in [0.2, 0.25) is 5.91 Å². The highest BCUT2D eigenvalue weighted by Crippen LogP contribution is 2.34. The molecule has 0 saturated carbocycles. The number of piperidine rings is 1. The Morgan fingerprint density at radius 3 is 2.48 bits per heavy atom. The van der Waals surface area contributed by atoms with E-state index in [1.807, 2.05) is 32.0 Å². The molecule has 146 valence electrons. The molecule has 1 aliphatic rings. The van der Waals surface area contributed by atoms with Crippen molar-refractivity contribution < 1.29 is 14.7 Å². The average molecular weight is 371 g/mol. The maximum Gasteiger partial charge on any atom is 0.325 e. The van der Waals surface area contributed by atoms with Gasteiger partial charge in [0.1, 0.15) is 6.04 Å². The van der Waals surface area contributed by atoms with Gasteiger partial charge < -0.3 is 15.4 Å². The number of carboxylic acids is 1. The second kappa shape index (κ2) is 7.72. The molecule has 1 aliphatic heterocycles. The molecule has 3 N–H and O–H groups in total. The number of carbonyl (C=O) groups is 2. The van der Waals surface area contributed by atoms with Gasteiger partial charge in [-0.05, 0) is 36.5 Å². The Morgan fingerprint density at radius 2 is 1.89 bits per heavy atom. The smallest absolute Gasteiger partial charge is 0.325 e. The molecule has 0 aliphatic carbocycles. The summed E-state index contributed by atoms with van der Waals surface area (Å²) in [5.74, 6) is -0.0633. The number of aromatic amines is 1. The molecule has 1 unspecified atom stereocenters. The molecular weight excluding hydrogens is 342 g/mol. The van der Waals surface area contributed by atoms with Crippen LogP contribution < -0.4 is 5.32 Å². The predicted octanol–water partition coefficient (Wildman–Crippen LogP) is 3.87. The zero-order valence-corrected chi connectivity index (χ0v) is 16.5. The largest absolute Gasteiger partial charge is 0.480 e. The number of anilines is 1. The molecule has 27 heavy (non-hydrogen) atoms. The number of carboxylic acid groups (broad SMARTS) is 1. The van der Waals surface area contributed by atoms with Crippen LogP contribution in [0.4, 0.5) is 5.69 Å². The highest BCUT2D eigenvalue weighted by atomic mass is 16.4. The number of aliphatic carboxylic acids is 1. The van der Waals surface area contributed by atoms with Crippen molar-refractivity contribution >= 4 is 28.5 Å². The lowest BCUT2D eigenvalue weighted by atomic mass is 9.89. The third kappa shape index (κ3) is 4.16. The van der Waals surface area contributed by atoms with Crippen molar-refractivity contribution in [3.05, 3.63) is 30.0 Å². The molecule has 1 aromatic heterocycles. The summed E-state index contributed by atoms with van der Waals surface area (Å²) in [5, 5.41) is 13.7. The first kappa shape index (κ1) is 19.4. The highest BCUT2D eigenvalue weighted by molar-refractivity contribution is 5.96. The molecule has 6 heteroatoms. The van der Waals surface area contributed by atoms with Gasteiger partial charge in [0.05, 0.1) is 0 Å². The first-order valence-corrected chi connectivity index (χ1v) is 9.65. The number of nitrogens with zero attached hydrogens (tertiary/aromatic N) is 1. The Labute approximate surface area is 159 Å². The van der Waals surface area contributed by atoms with E-state index >= 15 is 0 Å². The lowest BCUT2D eigenvalue weighted by Gasteiger charge is -2.38. The van der Waals surface area contributed by atoms with Gasteiger partial charge in [0, 0.05) is 47.4 Å². The topological polar surface area (TPSA) is 85.4 Å². The van der Waals surface area contributed by atoms with Crippen LogP contribution in [-0.2, 0) is 9.59 Å². The van der Waals surface area contributed by atoms with E-state index in [9.17, 15) is 14.7 Å². The van der Waals surface area contributed by atoms with Crippen molar-refractivity contribution in [3.63, 3.8) is 0 Å². The van der Waals surface area contributed by atoms with Crippen LogP contribution in [0, 0.1) is 17.8 Å². The summed E-state index contributed by atoms with van der Waals surface area (Å²) in [4.78, 5) is 29.5. The number of rotatable bonds is 5. The molecule has 0 bridgehead atoms. The lowest BCUT2D eigenvalue weighted by molar-refractivity contribution is -0.144. The molecular formula is C21H29N3O3. The second-order valence-electron chi connectivity index (χ2n) is 8.29. The van der Waals surface area contributed by atoms with Crippen LogP contribution in [0.25, 0.3) is 10.9 Å². The summed E-state index contributed by atoms with van der Waals surface area (Å²) < 4.78 is 0. The zero-order chi connectivity index (χ0) is 19.7. The number of likely N-dealkylation sites (tertiary alicyclic amines) is 1. The number of H-pyrrole nitrogens is 1. The third-order valence-corrected chi connectivity index (χ3v) is 5.30. The van der Waals surface area contributed by atoms with Crippen LogP contribution in [-0.4, -0.2) is 40.0 Å². The summed E-state index contributed by atoms with van der Waals surface area (Å²) in [6.45, 7) is 9.59. The van der Waals surface area contributed by atoms with Crippen LogP contribution in [0.2, 0.25) is 0 Å². The monoisotopic (exact) mass is 371 g/mol. The van der Waals surface area contributed by atoms with Crippen LogP contribution in [0.1, 0.15) is 45.7 Å². The van der Waals surface area contributed by atoms with Crippen molar-refractivity contribution in [2.75, 3.05) is 18.4 Å². The molecule has 2 heterocycles. The van der Waals surface area contributed by atoms with Crippen molar-refractivity contribution in [3.8, 4) is 0 Å². The number of aromatic nitrogens is 1. The standard InChI is InChI=1S/C21H29N3O3/c1-12(2)20(25)23-15-5-6-18-16(8-15)17(9-22-18)19(21(26)27)24-10-13(3)7-14(4)11-24/h5-6,8-9,12-14,19,22H,7,10-11H2,1-4H3,(H,23,25)(H,26,27)/t13-,14+,19?. The van der Waals surface area contributed by atoms with Crippen LogP contribution in [0.3, 0.4) is 0 Å². The van der Waals surface area contributed by atoms with Gasteiger partial charge in [-0.15, -0.1) is 0 Å². The molecule has 0 spiro atoms. The van der Waals surface area contributed by atoms with E-state index in [-0.39, 0.29) is 11.8 Å². The van der Waals surface area contributed by atoms with Crippen molar-refractivity contribution in [1.29, 1.82) is 0 Å². The number of nitrogens with one attached hydrogen (secondary N) is 2. The summed E-state index contributed by atoms with van der Waals surface area (Å²) >= 11 is 0. The average Bonchev–Trinajstić information content (AvgIpc) is 2.97. The minimum Gasteiger partial charge on any atom is -0.480 e. The fraction of sp³-hybridized carbons (Fsp3) is 0.524. The first-order valence-electron chi connectivity index (χ1n) is 9.65. The number of hydrogen-bond acceptors (Lipinski definition) is 3. The van der Waals surface area contributed by atoms with Crippen molar-refractivity contribution in [2.45, 2.75) is 40.2 Å². The fourth-order valence-corrected chi connectivity index (χ4v) is 4.14. The van der Waals surface area contributed by atoms with Crippen molar-refractivity contribution in [1.82, 2.24) is 9.88 Å². The van der Waals surface area contributed by atoms with Crippen LogP contribution >= 0.6 is 0 Å². The van der Waals surface area contributed by atoms with E-state index in [4.69, 9.17) is 0 Å². The number of benzene rings is 1. The highest BCUT2D eigenvalue weighted by Gasteiger charge is 2.34. The second-order valence-corrected chi connectivity index (χ2v) is 8.29. The Bertz CT molecular complexity index is 832. The summed E-state index contributed by atoms with van der Waals surface area (Å²) in [6.07, 6.45) is 2.92. The van der Waals surface area contributed by atoms with Gasteiger partial charge in [-0.1, -0.05) is 27.7 Å². The van der Waals surface area contributed by atoms with E-state index in [0.29, 0.717) is 17.5 Å². The molecule has 2 aromatic rings. The molecule has 3 atom stereocenters. The molecule has 3 rings (SSSR count). The van der Waals surface area contributed by atoms with Crippen LogP contribution in [0.15, 0.2) is 24.4 Å². The van der Waals surface area contributed by atoms with Gasteiger partial charge >= 0.3 is 5.97 Å². The van der Waals surface area contributed by atoms with E-state index < -0.39 is 12.0 Å². The molecule has 0 radical (unpaired) electrons. The molecule has 1 aromatic carbocycles. The lowest BCUT2D eigenvalue weighted by Crippen LogP contribution is -2.43. The summed E-state index contributed by atoms with van der Waals surface area (Å²) in [5.41, 5.74) is 2.31. The van der Waals surface area contributed by atoms with Gasteiger partial charge in [-0.2, -0.15) is 0 Å². The number of amides is 1. The number of carbonyl (C=O) groups excluding carboxylic acids is 1. The number of hydrogen-bond donors (Lipinski definition) is 3. The maximum absolute atomic E-state index is 12.2. The Kier molecular flexibility index (Phi) is 5.56. The summed E-state index contributed by atoms with van der Waals surface area (Å²) in [6, 6.07) is 4.90. The SMILES string of the molecule is CC(C)C(=O)Nc1ccc2[nH]cc(C(C(=O)O)N3C[C@H](C)C[C@H](C)C3)c2c1. The van der Waals surface area contributed by atoms with Crippen molar-refractivity contribution in [2.24, 2.45) is 17.8 Å². The van der Waals surface area contributed by atoms with E-state index in [1.54, 1.807) is 6.20 Å². The molecule has 6 nitrogen and oxygen atoms in total. The minimum atomic E-state index is -0.839. The first-order chi connectivity index (χ1) is 12.8. The Balaban J connectivity index is 1.97. The fourth-order valence-electron chi connectivity index (χ4n) is 4.14. The number of fused-ring (bicyclic) bond motifs is 1. The van der Waals surface area contributed by atoms with E-state index in [1.165, 1.54) is 0 Å². The predicted molar refractivity (Wildman–Crippen MR) is 107 cm³/mol. The minimum absolute atomic E-state index is 0.0556. The summed E-state index contributed by atoms with van der Waals surface area (Å²) in [7, 11) is 0. The van der Waals surface area contributed by atoms with Gasteiger partial charge in [0.15, 0.2) is 0 Å². The van der Waals surface area contributed by atoms with Crippen LogP contribution in [0.5, 0.6) is 0 Å². The van der Waals surface area contributed by atoms with E-state index in [0.717, 1.165) is 36.0 Å². The van der Waals surface area contributed by atoms with E-state index in [2.05, 4.69) is 29.0 Å². The molecule has 1 fully saturated rings.